The molecule has 11 heteroatoms. The Labute approximate surface area is 266 Å². The summed E-state index contributed by atoms with van der Waals surface area (Å²) in [5.74, 6) is -0.361. The van der Waals surface area contributed by atoms with E-state index in [1.54, 1.807) is 36.4 Å². The lowest BCUT2D eigenvalue weighted by molar-refractivity contribution is 0.0502. The average molecular weight is 628 g/mol. The van der Waals surface area contributed by atoms with Gasteiger partial charge in [0.15, 0.2) is 17.3 Å². The molecule has 0 spiro atoms. The average Bonchev–Trinajstić information content (AvgIpc) is 3.71. The highest BCUT2D eigenvalue weighted by molar-refractivity contribution is 6.03. The van der Waals surface area contributed by atoms with E-state index in [1.807, 2.05) is 36.4 Å². The van der Waals surface area contributed by atoms with Crippen molar-refractivity contribution in [3.05, 3.63) is 70.3 Å². The molecule has 2 fully saturated rings. The summed E-state index contributed by atoms with van der Waals surface area (Å²) in [6, 6.07) is 12.5. The van der Waals surface area contributed by atoms with E-state index >= 15 is 4.39 Å². The number of amides is 2. The van der Waals surface area contributed by atoms with Crippen LogP contribution in [0.25, 0.3) is 27.4 Å². The molecular weight excluding hydrogens is 589 g/mol. The summed E-state index contributed by atoms with van der Waals surface area (Å²) in [6.07, 6.45) is 3.83. The van der Waals surface area contributed by atoms with E-state index in [4.69, 9.17) is 9.47 Å². The van der Waals surface area contributed by atoms with Gasteiger partial charge in [0, 0.05) is 37.8 Å². The summed E-state index contributed by atoms with van der Waals surface area (Å²) in [6.45, 7) is 9.23. The Hall–Kier alpha value is -4.64. The van der Waals surface area contributed by atoms with Gasteiger partial charge in [-0.25, -0.2) is 9.18 Å². The molecule has 1 atom stereocenters. The molecule has 10 nitrogen and oxygen atoms in total. The second-order valence-electron chi connectivity index (χ2n) is 13.3. The molecule has 3 aromatic carbocycles. The van der Waals surface area contributed by atoms with Gasteiger partial charge in [0.2, 0.25) is 5.43 Å². The van der Waals surface area contributed by atoms with Gasteiger partial charge in [0.05, 0.1) is 17.1 Å². The van der Waals surface area contributed by atoms with Crippen molar-refractivity contribution in [2.45, 2.75) is 51.7 Å². The predicted molar refractivity (Wildman–Crippen MR) is 175 cm³/mol. The fourth-order valence-corrected chi connectivity index (χ4v) is 6.72. The molecule has 4 heterocycles. The highest BCUT2D eigenvalue weighted by Gasteiger charge is 2.34. The van der Waals surface area contributed by atoms with Gasteiger partial charge in [-0.3, -0.25) is 9.59 Å². The van der Waals surface area contributed by atoms with Crippen molar-refractivity contribution in [1.82, 2.24) is 19.7 Å². The molecule has 2 amide bonds. The van der Waals surface area contributed by atoms with Gasteiger partial charge < -0.3 is 34.5 Å². The molecule has 0 saturated carbocycles. The Morgan fingerprint density at radius 1 is 1.04 bits per heavy atom. The van der Waals surface area contributed by atoms with Crippen LogP contribution in [-0.4, -0.2) is 77.3 Å². The smallest absolute Gasteiger partial charge is 0.407 e. The summed E-state index contributed by atoms with van der Waals surface area (Å²) in [4.78, 5) is 44.1. The number of carbonyl (C=O) groups excluding carboxylic acids is 2. The van der Waals surface area contributed by atoms with E-state index < -0.39 is 28.8 Å². The third-order valence-corrected chi connectivity index (χ3v) is 8.87. The number of pyridine rings is 1. The van der Waals surface area contributed by atoms with E-state index in [0.717, 1.165) is 43.2 Å². The number of nitrogens with one attached hydrogen (secondary N) is 2. The molecule has 0 unspecified atom stereocenters. The maximum Gasteiger partial charge on any atom is 0.407 e. The highest BCUT2D eigenvalue weighted by atomic mass is 19.1. The normalized spacial score (nSPS) is 17.7. The minimum Gasteiger partial charge on any atom is -0.450 e. The van der Waals surface area contributed by atoms with Gasteiger partial charge >= 0.3 is 6.09 Å². The Kier molecular flexibility index (Phi) is 7.59. The van der Waals surface area contributed by atoms with Crippen LogP contribution in [-0.2, 0) is 4.74 Å². The number of halogens is 1. The molecule has 240 valence electrons. The number of carbonyl (C=O) groups is 2. The lowest BCUT2D eigenvalue weighted by Gasteiger charge is -2.28. The summed E-state index contributed by atoms with van der Waals surface area (Å²) in [5.41, 5.74) is -0.0654. The van der Waals surface area contributed by atoms with Gasteiger partial charge in [-0.2, -0.15) is 0 Å². The first-order valence-electron chi connectivity index (χ1n) is 15.9. The first-order chi connectivity index (χ1) is 22.1. The number of aromatic nitrogens is 1. The lowest BCUT2D eigenvalue weighted by Crippen LogP contribution is -2.41. The zero-order chi connectivity index (χ0) is 32.2. The molecule has 2 N–H and O–H groups in total. The monoisotopic (exact) mass is 627 g/mol. The Morgan fingerprint density at radius 3 is 2.61 bits per heavy atom. The number of nitrogens with zero attached hydrogens (tertiary/aromatic N) is 3. The van der Waals surface area contributed by atoms with Gasteiger partial charge in [0.1, 0.15) is 22.4 Å². The van der Waals surface area contributed by atoms with Crippen molar-refractivity contribution >= 4 is 39.4 Å². The number of rotatable bonds is 6. The van der Waals surface area contributed by atoms with Crippen molar-refractivity contribution < 1.29 is 23.5 Å². The Bertz CT molecular complexity index is 1930. The fraction of sp³-hybridized carbons (Fsp3) is 0.400. The zero-order valence-electron chi connectivity index (χ0n) is 26.3. The first-order valence-corrected chi connectivity index (χ1v) is 15.9. The van der Waals surface area contributed by atoms with Crippen LogP contribution in [0.15, 0.2) is 53.5 Å². The molecule has 2 saturated heterocycles. The van der Waals surface area contributed by atoms with E-state index in [2.05, 4.69) is 15.5 Å². The van der Waals surface area contributed by atoms with Gasteiger partial charge in [-0.05, 0) is 70.6 Å². The highest BCUT2D eigenvalue weighted by Crippen LogP contribution is 2.47. The summed E-state index contributed by atoms with van der Waals surface area (Å²) in [7, 11) is 0. The van der Waals surface area contributed by atoms with Crippen LogP contribution >= 0.6 is 0 Å². The molecule has 0 radical (unpaired) electrons. The van der Waals surface area contributed by atoms with Gasteiger partial charge in [-0.15, -0.1) is 0 Å². The summed E-state index contributed by atoms with van der Waals surface area (Å²) in [5, 5.41) is 7.90. The summed E-state index contributed by atoms with van der Waals surface area (Å²) < 4.78 is 29.6. The topological polar surface area (TPSA) is 105 Å². The van der Waals surface area contributed by atoms with E-state index in [9.17, 15) is 14.4 Å². The van der Waals surface area contributed by atoms with Crippen LogP contribution < -0.4 is 20.8 Å². The van der Waals surface area contributed by atoms with Crippen molar-refractivity contribution in [3.8, 4) is 17.2 Å². The predicted octanol–water partition coefficient (Wildman–Crippen LogP) is 5.64. The van der Waals surface area contributed by atoms with E-state index in [-0.39, 0.29) is 35.0 Å². The molecule has 1 aromatic heterocycles. The SMILES string of the molecule is CC(C)(C)OC(=O)N[C@@H]1CCN(C(=O)c2cn3c4c(c(NCCN5CCCC5)c(F)cc4c2=O)Oc2c-3ccc3ccccc23)C1. The molecule has 3 aliphatic heterocycles. The van der Waals surface area contributed by atoms with E-state index in [0.29, 0.717) is 36.5 Å². The van der Waals surface area contributed by atoms with Crippen LogP contribution in [0.5, 0.6) is 11.5 Å². The second-order valence-corrected chi connectivity index (χ2v) is 13.3. The maximum absolute atomic E-state index is 16.0. The molecule has 0 aliphatic carbocycles. The largest absolute Gasteiger partial charge is 0.450 e. The summed E-state index contributed by atoms with van der Waals surface area (Å²) >= 11 is 0. The number of hydrogen-bond donors (Lipinski definition) is 2. The van der Waals surface area contributed by atoms with Crippen LogP contribution in [0.4, 0.5) is 14.9 Å². The van der Waals surface area contributed by atoms with Crippen LogP contribution in [0.2, 0.25) is 0 Å². The molecule has 0 bridgehead atoms. The third-order valence-electron chi connectivity index (χ3n) is 8.87. The molecular formula is C35H38FN5O5. The molecule has 4 aromatic rings. The number of fused-ring (bicyclic) bond motifs is 4. The van der Waals surface area contributed by atoms with Crippen molar-refractivity contribution in [1.29, 1.82) is 0 Å². The number of benzene rings is 3. The molecule has 7 rings (SSSR count). The Balaban J connectivity index is 1.28. The number of ether oxygens (including phenoxy) is 2. The van der Waals surface area contributed by atoms with Crippen LogP contribution in [0.3, 0.4) is 0 Å². The van der Waals surface area contributed by atoms with Gasteiger partial charge in [0.25, 0.3) is 5.91 Å². The van der Waals surface area contributed by atoms with Crippen molar-refractivity contribution in [2.75, 3.05) is 44.6 Å². The maximum atomic E-state index is 16.0. The molecule has 3 aliphatic rings. The number of anilines is 1. The zero-order valence-corrected chi connectivity index (χ0v) is 26.3. The quantitative estimate of drug-likeness (QED) is 0.251. The van der Waals surface area contributed by atoms with Crippen molar-refractivity contribution in [3.63, 3.8) is 0 Å². The minimum absolute atomic E-state index is 0.0601. The number of likely N-dealkylation sites (tertiary alicyclic amines) is 2. The minimum atomic E-state index is -0.651. The third kappa shape index (κ3) is 5.53. The lowest BCUT2D eigenvalue weighted by atomic mass is 10.0. The first kappa shape index (κ1) is 30.0. The fourth-order valence-electron chi connectivity index (χ4n) is 6.72. The van der Waals surface area contributed by atoms with E-state index in [1.165, 1.54) is 6.07 Å². The second kappa shape index (κ2) is 11.6. The number of hydrogen-bond acceptors (Lipinski definition) is 7. The Morgan fingerprint density at radius 2 is 1.83 bits per heavy atom. The standard InChI is InChI=1S/C35H38FN5O5/c1-35(2,3)46-34(44)38-22-12-16-40(19-22)33(43)25-20-41-27-11-10-21-8-4-5-9-23(21)31(27)45-32-28(37-13-17-39-14-6-7-15-39)26(36)18-24(29(32)41)30(25)42/h4-5,8-11,18,20,22,37H,6-7,12-17,19H2,1-3H3,(H,38,44)/t22-/m1/s1. The van der Waals surface area contributed by atoms with Crippen LogP contribution in [0, 0.1) is 5.82 Å². The number of alkyl carbamates (subject to hydrolysis) is 1. The van der Waals surface area contributed by atoms with Gasteiger partial charge in [-0.1, -0.05) is 30.3 Å². The molecule has 46 heavy (non-hydrogen) atoms. The van der Waals surface area contributed by atoms with Crippen LogP contribution in [0.1, 0.15) is 50.4 Å². The van der Waals surface area contributed by atoms with Crippen molar-refractivity contribution in [2.24, 2.45) is 0 Å².